The van der Waals surface area contributed by atoms with Crippen molar-refractivity contribution in [1.82, 2.24) is 5.32 Å². The third-order valence-electron chi connectivity index (χ3n) is 3.41. The molecule has 114 valence electrons. The van der Waals surface area contributed by atoms with Crippen molar-refractivity contribution in [1.29, 1.82) is 0 Å². The Labute approximate surface area is 123 Å². The third kappa shape index (κ3) is 10.2. The quantitative estimate of drug-likeness (QED) is 0.559. The molecule has 0 aromatic rings. The number of amides is 1. The van der Waals surface area contributed by atoms with Gasteiger partial charge in [0, 0.05) is 19.0 Å². The molecule has 0 bridgehead atoms. The Morgan fingerprint density at radius 1 is 1.32 bits per heavy atom. The van der Waals surface area contributed by atoms with Gasteiger partial charge in [0.1, 0.15) is 0 Å². The molecule has 0 saturated heterocycles. The van der Waals surface area contributed by atoms with E-state index in [1.807, 2.05) is 6.92 Å². The van der Waals surface area contributed by atoms with Gasteiger partial charge < -0.3 is 15.8 Å². The highest BCUT2D eigenvalue weighted by atomic mass is 35.5. The summed E-state index contributed by atoms with van der Waals surface area (Å²) in [5, 5.41) is 2.87. The minimum Gasteiger partial charge on any atom is -0.376 e. The molecule has 19 heavy (non-hydrogen) atoms. The zero-order chi connectivity index (χ0) is 13.2. The van der Waals surface area contributed by atoms with Crippen molar-refractivity contribution in [2.45, 2.75) is 70.4 Å². The average Bonchev–Trinajstić information content (AvgIpc) is 2.60. The van der Waals surface area contributed by atoms with Crippen LogP contribution in [0, 0.1) is 0 Å². The topological polar surface area (TPSA) is 64.4 Å². The molecule has 0 aromatic carbocycles. The molecule has 1 unspecified atom stereocenters. The van der Waals surface area contributed by atoms with Crippen LogP contribution in [0.5, 0.6) is 0 Å². The number of halogens is 1. The molecule has 3 N–H and O–H groups in total. The van der Waals surface area contributed by atoms with Gasteiger partial charge in [0.15, 0.2) is 0 Å². The number of ether oxygens (including phenoxy) is 1. The van der Waals surface area contributed by atoms with Crippen LogP contribution in [0.4, 0.5) is 0 Å². The van der Waals surface area contributed by atoms with Crippen LogP contribution in [0.1, 0.15) is 58.3 Å². The largest absolute Gasteiger partial charge is 0.376 e. The molecule has 1 atom stereocenters. The number of rotatable bonds is 7. The summed E-state index contributed by atoms with van der Waals surface area (Å²) in [5.41, 5.74) is 5.60. The standard InChI is InChI=1S/C14H28N2O2.ClH/c1-12(15)8-9-14(17)16-10-11-18-13-6-4-2-3-5-7-13;/h12-13H,2-11,15H2,1H3,(H,16,17);1H. The maximum absolute atomic E-state index is 11.4. The van der Waals surface area contributed by atoms with E-state index in [1.165, 1.54) is 38.5 Å². The Hall–Kier alpha value is -0.320. The molecule has 1 aliphatic rings. The maximum atomic E-state index is 11.4. The van der Waals surface area contributed by atoms with Crippen molar-refractivity contribution in [3.63, 3.8) is 0 Å². The van der Waals surface area contributed by atoms with Crippen LogP contribution < -0.4 is 11.1 Å². The van der Waals surface area contributed by atoms with Gasteiger partial charge in [-0.05, 0) is 26.2 Å². The van der Waals surface area contributed by atoms with Crippen molar-refractivity contribution in [2.24, 2.45) is 5.73 Å². The van der Waals surface area contributed by atoms with E-state index in [1.54, 1.807) is 0 Å². The fraction of sp³-hybridized carbons (Fsp3) is 0.929. The number of carbonyl (C=O) groups excluding carboxylic acids is 1. The average molecular weight is 293 g/mol. The summed E-state index contributed by atoms with van der Waals surface area (Å²) in [6, 6.07) is 0.0954. The third-order valence-corrected chi connectivity index (χ3v) is 3.41. The Bertz CT molecular complexity index is 229. The molecule has 0 heterocycles. The van der Waals surface area contributed by atoms with Gasteiger partial charge in [-0.3, -0.25) is 4.79 Å². The number of carbonyl (C=O) groups is 1. The zero-order valence-corrected chi connectivity index (χ0v) is 12.8. The van der Waals surface area contributed by atoms with E-state index in [-0.39, 0.29) is 24.4 Å². The lowest BCUT2D eigenvalue weighted by atomic mass is 10.1. The molecule has 0 spiro atoms. The van der Waals surface area contributed by atoms with Gasteiger partial charge in [-0.2, -0.15) is 0 Å². The first-order chi connectivity index (χ1) is 8.68. The maximum Gasteiger partial charge on any atom is 0.220 e. The van der Waals surface area contributed by atoms with Gasteiger partial charge in [-0.15, -0.1) is 12.4 Å². The summed E-state index contributed by atoms with van der Waals surface area (Å²) < 4.78 is 5.80. The SMILES string of the molecule is CC(N)CCC(=O)NCCOC1CCCCCC1.Cl. The molecule has 5 heteroatoms. The van der Waals surface area contributed by atoms with E-state index in [9.17, 15) is 4.79 Å². The van der Waals surface area contributed by atoms with E-state index in [0.717, 1.165) is 6.42 Å². The van der Waals surface area contributed by atoms with E-state index >= 15 is 0 Å². The van der Waals surface area contributed by atoms with Gasteiger partial charge in [-0.25, -0.2) is 0 Å². The van der Waals surface area contributed by atoms with Crippen molar-refractivity contribution in [3.05, 3.63) is 0 Å². The lowest BCUT2D eigenvalue weighted by molar-refractivity contribution is -0.121. The van der Waals surface area contributed by atoms with Crippen LogP contribution in [0.2, 0.25) is 0 Å². The molecule has 0 aromatic heterocycles. The van der Waals surface area contributed by atoms with Crippen molar-refractivity contribution < 1.29 is 9.53 Å². The van der Waals surface area contributed by atoms with Crippen LogP contribution in [-0.4, -0.2) is 31.2 Å². The van der Waals surface area contributed by atoms with Crippen LogP contribution in [0.3, 0.4) is 0 Å². The van der Waals surface area contributed by atoms with E-state index < -0.39 is 0 Å². The van der Waals surface area contributed by atoms with Gasteiger partial charge in [0.25, 0.3) is 0 Å². The molecule has 1 rings (SSSR count). The zero-order valence-electron chi connectivity index (χ0n) is 12.0. The second-order valence-corrected chi connectivity index (χ2v) is 5.35. The second-order valence-electron chi connectivity index (χ2n) is 5.35. The highest BCUT2D eigenvalue weighted by molar-refractivity contribution is 5.85. The van der Waals surface area contributed by atoms with Crippen molar-refractivity contribution in [2.75, 3.05) is 13.2 Å². The van der Waals surface area contributed by atoms with E-state index in [2.05, 4.69) is 5.32 Å². The monoisotopic (exact) mass is 292 g/mol. The fourth-order valence-electron chi connectivity index (χ4n) is 2.27. The summed E-state index contributed by atoms with van der Waals surface area (Å²) in [7, 11) is 0. The van der Waals surface area contributed by atoms with Gasteiger partial charge in [-0.1, -0.05) is 25.7 Å². The number of nitrogens with one attached hydrogen (secondary N) is 1. The first-order valence-corrected chi connectivity index (χ1v) is 7.32. The molecule has 1 fully saturated rings. The van der Waals surface area contributed by atoms with Crippen molar-refractivity contribution >= 4 is 18.3 Å². The van der Waals surface area contributed by atoms with Crippen LogP contribution >= 0.6 is 12.4 Å². The first kappa shape index (κ1) is 18.7. The number of hydrogen-bond acceptors (Lipinski definition) is 3. The van der Waals surface area contributed by atoms with Gasteiger partial charge in [0.2, 0.25) is 5.91 Å². The number of hydrogen-bond donors (Lipinski definition) is 2. The number of nitrogens with two attached hydrogens (primary N) is 1. The fourth-order valence-corrected chi connectivity index (χ4v) is 2.27. The molecule has 4 nitrogen and oxygen atoms in total. The predicted octanol–water partition coefficient (Wildman–Crippen LogP) is 2.39. The van der Waals surface area contributed by atoms with Crippen molar-refractivity contribution in [3.8, 4) is 0 Å². The molecule has 0 radical (unpaired) electrons. The molecular weight excluding hydrogens is 264 g/mol. The molecule has 1 saturated carbocycles. The lowest BCUT2D eigenvalue weighted by Crippen LogP contribution is -2.30. The molecule has 1 aliphatic carbocycles. The normalized spacial score (nSPS) is 18.2. The Balaban J connectivity index is 0.00000324. The molecule has 1 amide bonds. The van der Waals surface area contributed by atoms with Crippen LogP contribution in [-0.2, 0) is 9.53 Å². The summed E-state index contributed by atoms with van der Waals surface area (Å²) in [6.07, 6.45) is 9.28. The van der Waals surface area contributed by atoms with E-state index in [0.29, 0.717) is 25.7 Å². The Kier molecular flexibility index (Phi) is 11.3. The van der Waals surface area contributed by atoms with E-state index in [4.69, 9.17) is 10.5 Å². The minimum absolute atomic E-state index is 0. The highest BCUT2D eigenvalue weighted by Crippen LogP contribution is 2.19. The summed E-state index contributed by atoms with van der Waals surface area (Å²) in [6.45, 7) is 3.17. The Morgan fingerprint density at radius 2 is 1.95 bits per heavy atom. The summed E-state index contributed by atoms with van der Waals surface area (Å²) in [4.78, 5) is 11.4. The lowest BCUT2D eigenvalue weighted by Gasteiger charge is -2.15. The summed E-state index contributed by atoms with van der Waals surface area (Å²) >= 11 is 0. The summed E-state index contributed by atoms with van der Waals surface area (Å²) in [5.74, 6) is 0.0803. The molecular formula is C14H29ClN2O2. The predicted molar refractivity (Wildman–Crippen MR) is 80.6 cm³/mol. The smallest absolute Gasteiger partial charge is 0.220 e. The Morgan fingerprint density at radius 3 is 2.53 bits per heavy atom. The highest BCUT2D eigenvalue weighted by Gasteiger charge is 2.12. The van der Waals surface area contributed by atoms with Gasteiger partial charge in [0.05, 0.1) is 12.7 Å². The van der Waals surface area contributed by atoms with Crippen LogP contribution in [0.25, 0.3) is 0 Å². The minimum atomic E-state index is 0. The van der Waals surface area contributed by atoms with Gasteiger partial charge >= 0.3 is 0 Å². The molecule has 0 aliphatic heterocycles. The van der Waals surface area contributed by atoms with Crippen LogP contribution in [0.15, 0.2) is 0 Å². The second kappa shape index (κ2) is 11.5. The first-order valence-electron chi connectivity index (χ1n) is 7.32.